The molecule has 11 heteroatoms. The number of carbonyl (C=O) groups is 4. The summed E-state index contributed by atoms with van der Waals surface area (Å²) in [5, 5.41) is 8.11. The monoisotopic (exact) mass is 438 g/mol. The largest absolute Gasteiger partial charge is 0.471 e. The third kappa shape index (κ3) is 6.69. The van der Waals surface area contributed by atoms with Crippen molar-refractivity contribution in [2.75, 3.05) is 0 Å². The molecule has 4 amide bonds. The summed E-state index contributed by atoms with van der Waals surface area (Å²) in [7, 11) is 0. The molecule has 0 aliphatic heterocycles. The van der Waals surface area contributed by atoms with E-state index in [9.17, 15) is 32.3 Å². The van der Waals surface area contributed by atoms with Crippen molar-refractivity contribution < 1.29 is 32.3 Å². The van der Waals surface area contributed by atoms with Crippen molar-refractivity contribution in [2.45, 2.75) is 38.1 Å². The standard InChI is InChI=1S/C20H21F3N4O4/c1-11(26-18(30)15(9-16(24)28)27-19(31)20(21,22)23)17(29)25-10-13-7-4-6-12-5-2-3-8-14(12)13/h2-8,11,15H,9-10H2,1H3,(H2,24,28)(H,25,29)(H,26,30)(H,27,31). The Labute approximate surface area is 175 Å². The predicted molar refractivity (Wildman–Crippen MR) is 105 cm³/mol. The van der Waals surface area contributed by atoms with Gasteiger partial charge in [0.05, 0.1) is 6.42 Å². The lowest BCUT2D eigenvalue weighted by molar-refractivity contribution is -0.174. The van der Waals surface area contributed by atoms with E-state index in [2.05, 4.69) is 10.6 Å². The highest BCUT2D eigenvalue weighted by molar-refractivity contribution is 5.95. The first kappa shape index (κ1) is 23.6. The van der Waals surface area contributed by atoms with E-state index in [-0.39, 0.29) is 6.54 Å². The van der Waals surface area contributed by atoms with Crippen LogP contribution in [-0.2, 0) is 25.7 Å². The van der Waals surface area contributed by atoms with Crippen LogP contribution in [0.1, 0.15) is 18.9 Å². The molecule has 0 fully saturated rings. The summed E-state index contributed by atoms with van der Waals surface area (Å²) in [4.78, 5) is 46.7. The quantitative estimate of drug-likeness (QED) is 0.487. The molecule has 0 spiro atoms. The normalized spacial score (nSPS) is 13.2. The number of amides is 4. The molecular weight excluding hydrogens is 417 g/mol. The Bertz CT molecular complexity index is 989. The Morgan fingerprint density at radius 1 is 0.968 bits per heavy atom. The highest BCUT2D eigenvalue weighted by Crippen LogP contribution is 2.18. The van der Waals surface area contributed by atoms with E-state index < -0.39 is 48.3 Å². The average Bonchev–Trinajstić information content (AvgIpc) is 2.70. The zero-order chi connectivity index (χ0) is 23.2. The molecule has 31 heavy (non-hydrogen) atoms. The SMILES string of the molecule is CC(NC(=O)C(CC(N)=O)NC(=O)C(F)(F)F)C(=O)NCc1cccc2ccccc12. The number of benzene rings is 2. The minimum atomic E-state index is -5.25. The summed E-state index contributed by atoms with van der Waals surface area (Å²) in [6, 6.07) is 10.1. The van der Waals surface area contributed by atoms with Crippen LogP contribution in [0.4, 0.5) is 13.2 Å². The maximum absolute atomic E-state index is 12.4. The maximum atomic E-state index is 12.4. The molecule has 166 valence electrons. The summed E-state index contributed by atoms with van der Waals surface area (Å²) in [5.74, 6) is -5.26. The van der Waals surface area contributed by atoms with E-state index in [1.807, 2.05) is 42.5 Å². The van der Waals surface area contributed by atoms with Crippen molar-refractivity contribution in [3.63, 3.8) is 0 Å². The van der Waals surface area contributed by atoms with Crippen LogP contribution < -0.4 is 21.7 Å². The molecule has 5 N–H and O–H groups in total. The molecule has 0 aliphatic rings. The summed E-state index contributed by atoms with van der Waals surface area (Å²) in [5.41, 5.74) is 5.76. The molecule has 2 rings (SSSR count). The van der Waals surface area contributed by atoms with Crippen LogP contribution in [0.2, 0.25) is 0 Å². The van der Waals surface area contributed by atoms with Crippen molar-refractivity contribution in [1.82, 2.24) is 16.0 Å². The van der Waals surface area contributed by atoms with Crippen LogP contribution in [-0.4, -0.2) is 41.9 Å². The van der Waals surface area contributed by atoms with E-state index in [1.165, 1.54) is 12.2 Å². The third-order valence-corrected chi connectivity index (χ3v) is 4.37. The van der Waals surface area contributed by atoms with Crippen molar-refractivity contribution in [3.05, 3.63) is 48.0 Å². The van der Waals surface area contributed by atoms with Gasteiger partial charge in [-0.15, -0.1) is 0 Å². The number of carbonyl (C=O) groups excluding carboxylic acids is 4. The first-order valence-electron chi connectivity index (χ1n) is 9.19. The van der Waals surface area contributed by atoms with Crippen molar-refractivity contribution >= 4 is 34.4 Å². The first-order chi connectivity index (χ1) is 14.5. The Kier molecular flexibility index (Phi) is 7.56. The van der Waals surface area contributed by atoms with Crippen LogP contribution in [0, 0.1) is 0 Å². The Morgan fingerprint density at radius 3 is 2.26 bits per heavy atom. The second-order valence-corrected chi connectivity index (χ2v) is 6.78. The smallest absolute Gasteiger partial charge is 0.370 e. The van der Waals surface area contributed by atoms with E-state index in [0.29, 0.717) is 0 Å². The van der Waals surface area contributed by atoms with Gasteiger partial charge in [-0.2, -0.15) is 13.2 Å². The molecular formula is C20H21F3N4O4. The molecule has 2 aromatic rings. The summed E-state index contributed by atoms with van der Waals surface area (Å²) in [6.07, 6.45) is -6.12. The van der Waals surface area contributed by atoms with Crippen LogP contribution in [0.5, 0.6) is 0 Å². The minimum absolute atomic E-state index is 0.149. The van der Waals surface area contributed by atoms with Crippen molar-refractivity contribution in [2.24, 2.45) is 5.73 Å². The third-order valence-electron chi connectivity index (χ3n) is 4.37. The Hall–Kier alpha value is -3.63. The molecule has 2 unspecified atom stereocenters. The highest BCUT2D eigenvalue weighted by atomic mass is 19.4. The second-order valence-electron chi connectivity index (χ2n) is 6.78. The lowest BCUT2D eigenvalue weighted by atomic mass is 10.0. The molecule has 2 atom stereocenters. The van der Waals surface area contributed by atoms with Gasteiger partial charge in [0.1, 0.15) is 12.1 Å². The number of alkyl halides is 3. The highest BCUT2D eigenvalue weighted by Gasteiger charge is 2.41. The van der Waals surface area contributed by atoms with Crippen LogP contribution in [0.3, 0.4) is 0 Å². The second kappa shape index (κ2) is 9.92. The number of nitrogens with two attached hydrogens (primary N) is 1. The molecule has 2 aromatic carbocycles. The number of fused-ring (bicyclic) bond motifs is 1. The summed E-state index contributed by atoms with van der Waals surface area (Å²) >= 11 is 0. The van der Waals surface area contributed by atoms with Crippen molar-refractivity contribution in [1.29, 1.82) is 0 Å². The molecule has 0 saturated heterocycles. The lowest BCUT2D eigenvalue weighted by Gasteiger charge is -2.21. The van der Waals surface area contributed by atoms with Crippen LogP contribution >= 0.6 is 0 Å². The molecule has 0 bridgehead atoms. The van der Waals surface area contributed by atoms with Gasteiger partial charge in [0.15, 0.2) is 0 Å². The zero-order valence-corrected chi connectivity index (χ0v) is 16.5. The fraction of sp³-hybridized carbons (Fsp3) is 0.300. The Morgan fingerprint density at radius 2 is 1.61 bits per heavy atom. The van der Waals surface area contributed by atoms with Crippen LogP contribution in [0.25, 0.3) is 10.8 Å². The zero-order valence-electron chi connectivity index (χ0n) is 16.5. The maximum Gasteiger partial charge on any atom is 0.471 e. The lowest BCUT2D eigenvalue weighted by Crippen LogP contribution is -2.55. The molecule has 8 nitrogen and oxygen atoms in total. The number of nitrogens with one attached hydrogen (secondary N) is 3. The number of primary amides is 1. The van der Waals surface area contributed by atoms with Crippen LogP contribution in [0.15, 0.2) is 42.5 Å². The van der Waals surface area contributed by atoms with E-state index >= 15 is 0 Å². The fourth-order valence-electron chi connectivity index (χ4n) is 2.81. The topological polar surface area (TPSA) is 130 Å². The summed E-state index contributed by atoms with van der Waals surface area (Å²) < 4.78 is 37.3. The Balaban J connectivity index is 1.99. The summed E-state index contributed by atoms with van der Waals surface area (Å²) in [6.45, 7) is 1.46. The van der Waals surface area contributed by atoms with Gasteiger partial charge in [-0.05, 0) is 23.3 Å². The van der Waals surface area contributed by atoms with Gasteiger partial charge in [0.25, 0.3) is 0 Å². The van der Waals surface area contributed by atoms with Gasteiger partial charge < -0.3 is 21.7 Å². The fourth-order valence-corrected chi connectivity index (χ4v) is 2.81. The molecule has 0 aromatic heterocycles. The van der Waals surface area contributed by atoms with E-state index in [0.717, 1.165) is 16.3 Å². The average molecular weight is 438 g/mol. The van der Waals surface area contributed by atoms with Gasteiger partial charge in [0, 0.05) is 6.54 Å². The van der Waals surface area contributed by atoms with Gasteiger partial charge in [-0.3, -0.25) is 19.2 Å². The number of halogens is 3. The molecule has 0 saturated carbocycles. The first-order valence-corrected chi connectivity index (χ1v) is 9.19. The number of hydrogen-bond donors (Lipinski definition) is 4. The molecule has 0 radical (unpaired) electrons. The number of rotatable bonds is 8. The predicted octanol–water partition coefficient (Wildman–Crippen LogP) is 0.883. The number of hydrogen-bond acceptors (Lipinski definition) is 4. The van der Waals surface area contributed by atoms with Gasteiger partial charge in [-0.25, -0.2) is 0 Å². The van der Waals surface area contributed by atoms with Gasteiger partial charge >= 0.3 is 12.1 Å². The molecule has 0 heterocycles. The van der Waals surface area contributed by atoms with E-state index in [4.69, 9.17) is 5.73 Å². The van der Waals surface area contributed by atoms with Crippen molar-refractivity contribution in [3.8, 4) is 0 Å². The van der Waals surface area contributed by atoms with E-state index in [1.54, 1.807) is 0 Å². The van der Waals surface area contributed by atoms with Gasteiger partial charge in [0.2, 0.25) is 17.7 Å². The minimum Gasteiger partial charge on any atom is -0.370 e. The van der Waals surface area contributed by atoms with Gasteiger partial charge in [-0.1, -0.05) is 42.5 Å². The molecule has 0 aliphatic carbocycles.